The van der Waals surface area contributed by atoms with Crippen LogP contribution in [-0.2, 0) is 4.79 Å². The summed E-state index contributed by atoms with van der Waals surface area (Å²) >= 11 is 1.70. The van der Waals surface area contributed by atoms with Gasteiger partial charge in [0.2, 0.25) is 5.91 Å². The molecule has 1 rings (SSSR count). The SMILES string of the molecule is CC(C)C(C#N)NC(=O)C1(C)CCCS1. The number of carbonyl (C=O) groups is 1. The molecule has 0 aromatic heterocycles. The lowest BCUT2D eigenvalue weighted by Crippen LogP contribution is -2.46. The lowest BCUT2D eigenvalue weighted by atomic mass is 10.0. The number of thioether (sulfide) groups is 1. The zero-order valence-electron chi connectivity index (χ0n) is 9.54. The summed E-state index contributed by atoms with van der Waals surface area (Å²) in [5.41, 5.74) is 0. The molecular weight excluding hydrogens is 208 g/mol. The van der Waals surface area contributed by atoms with E-state index in [1.165, 1.54) is 0 Å². The fraction of sp³-hybridized carbons (Fsp3) is 0.818. The van der Waals surface area contributed by atoms with Crippen molar-refractivity contribution in [1.82, 2.24) is 5.32 Å². The Morgan fingerprint density at radius 1 is 1.60 bits per heavy atom. The molecule has 1 fully saturated rings. The van der Waals surface area contributed by atoms with Crippen molar-refractivity contribution in [3.8, 4) is 6.07 Å². The first-order valence-electron chi connectivity index (χ1n) is 5.34. The van der Waals surface area contributed by atoms with E-state index in [0.29, 0.717) is 0 Å². The minimum absolute atomic E-state index is 0.0188. The van der Waals surface area contributed by atoms with Gasteiger partial charge in [0.05, 0.1) is 10.8 Å². The molecule has 84 valence electrons. The van der Waals surface area contributed by atoms with Crippen LogP contribution < -0.4 is 5.32 Å². The molecule has 0 spiro atoms. The van der Waals surface area contributed by atoms with E-state index in [2.05, 4.69) is 11.4 Å². The molecule has 1 aliphatic rings. The fourth-order valence-electron chi connectivity index (χ4n) is 1.60. The van der Waals surface area contributed by atoms with E-state index in [4.69, 9.17) is 5.26 Å². The lowest BCUT2D eigenvalue weighted by Gasteiger charge is -2.24. The summed E-state index contributed by atoms with van der Waals surface area (Å²) in [6.07, 6.45) is 2.01. The van der Waals surface area contributed by atoms with Crippen LogP contribution in [0.1, 0.15) is 33.6 Å². The van der Waals surface area contributed by atoms with Gasteiger partial charge in [-0.1, -0.05) is 13.8 Å². The molecule has 0 saturated carbocycles. The number of amides is 1. The van der Waals surface area contributed by atoms with E-state index >= 15 is 0 Å². The van der Waals surface area contributed by atoms with E-state index < -0.39 is 0 Å². The zero-order valence-corrected chi connectivity index (χ0v) is 10.4. The summed E-state index contributed by atoms with van der Waals surface area (Å²) in [6, 6.07) is 1.77. The van der Waals surface area contributed by atoms with Crippen LogP contribution in [0.5, 0.6) is 0 Å². The smallest absolute Gasteiger partial charge is 0.236 e. The van der Waals surface area contributed by atoms with E-state index in [9.17, 15) is 4.79 Å². The molecular formula is C11H18N2OS. The maximum absolute atomic E-state index is 12.0. The van der Waals surface area contributed by atoms with Crippen molar-refractivity contribution in [3.05, 3.63) is 0 Å². The van der Waals surface area contributed by atoms with Gasteiger partial charge in [-0.25, -0.2) is 0 Å². The van der Waals surface area contributed by atoms with Crippen LogP contribution in [-0.4, -0.2) is 22.4 Å². The Bertz CT molecular complexity index is 277. The third kappa shape index (κ3) is 2.88. The first-order chi connectivity index (χ1) is 6.99. The van der Waals surface area contributed by atoms with Crippen molar-refractivity contribution >= 4 is 17.7 Å². The van der Waals surface area contributed by atoms with Gasteiger partial charge in [0.1, 0.15) is 6.04 Å². The van der Waals surface area contributed by atoms with Gasteiger partial charge in [-0.15, -0.1) is 11.8 Å². The lowest BCUT2D eigenvalue weighted by molar-refractivity contribution is -0.123. The maximum atomic E-state index is 12.0. The highest BCUT2D eigenvalue weighted by Crippen LogP contribution is 2.37. The molecule has 0 bridgehead atoms. The van der Waals surface area contributed by atoms with Crippen molar-refractivity contribution < 1.29 is 4.79 Å². The maximum Gasteiger partial charge on any atom is 0.236 e. The van der Waals surface area contributed by atoms with Crippen molar-refractivity contribution in [2.24, 2.45) is 5.92 Å². The average molecular weight is 226 g/mol. The minimum atomic E-state index is -0.365. The first-order valence-corrected chi connectivity index (χ1v) is 6.33. The van der Waals surface area contributed by atoms with Crippen LogP contribution in [0.25, 0.3) is 0 Å². The normalized spacial score (nSPS) is 27.4. The Hall–Kier alpha value is -0.690. The predicted octanol–water partition coefficient (Wildman–Crippen LogP) is 1.94. The van der Waals surface area contributed by atoms with Crippen LogP contribution in [0.4, 0.5) is 0 Å². The molecule has 1 heterocycles. The second kappa shape index (κ2) is 4.89. The van der Waals surface area contributed by atoms with Gasteiger partial charge in [-0.05, 0) is 31.4 Å². The molecule has 0 aromatic carbocycles. The largest absolute Gasteiger partial charge is 0.339 e. The molecule has 1 aliphatic heterocycles. The number of nitriles is 1. The highest BCUT2D eigenvalue weighted by molar-refractivity contribution is 8.01. The molecule has 1 amide bonds. The van der Waals surface area contributed by atoms with Crippen LogP contribution >= 0.6 is 11.8 Å². The number of hydrogen-bond acceptors (Lipinski definition) is 3. The molecule has 3 nitrogen and oxygen atoms in total. The van der Waals surface area contributed by atoms with Crippen LogP contribution in [0.15, 0.2) is 0 Å². The summed E-state index contributed by atoms with van der Waals surface area (Å²) < 4.78 is -0.315. The molecule has 0 radical (unpaired) electrons. The third-order valence-electron chi connectivity index (χ3n) is 2.79. The van der Waals surface area contributed by atoms with Gasteiger partial charge in [-0.2, -0.15) is 5.26 Å². The predicted molar refractivity (Wildman–Crippen MR) is 62.5 cm³/mol. The van der Waals surface area contributed by atoms with E-state index in [0.717, 1.165) is 18.6 Å². The molecule has 1 saturated heterocycles. The molecule has 15 heavy (non-hydrogen) atoms. The van der Waals surface area contributed by atoms with Gasteiger partial charge in [0.25, 0.3) is 0 Å². The number of nitrogens with one attached hydrogen (secondary N) is 1. The van der Waals surface area contributed by atoms with Gasteiger partial charge in [0.15, 0.2) is 0 Å². The van der Waals surface area contributed by atoms with Crippen molar-refractivity contribution in [2.75, 3.05) is 5.75 Å². The van der Waals surface area contributed by atoms with Gasteiger partial charge in [-0.3, -0.25) is 4.79 Å². The quantitative estimate of drug-likeness (QED) is 0.800. The monoisotopic (exact) mass is 226 g/mol. The summed E-state index contributed by atoms with van der Waals surface area (Å²) in [5, 5.41) is 11.7. The second-order valence-corrected chi connectivity index (χ2v) is 6.11. The van der Waals surface area contributed by atoms with Crippen LogP contribution in [0, 0.1) is 17.2 Å². The summed E-state index contributed by atoms with van der Waals surface area (Å²) in [5.74, 6) is 1.22. The Balaban J connectivity index is 2.58. The minimum Gasteiger partial charge on any atom is -0.339 e. The highest BCUT2D eigenvalue weighted by Gasteiger charge is 2.38. The van der Waals surface area contributed by atoms with Crippen molar-refractivity contribution in [3.63, 3.8) is 0 Å². The molecule has 0 aromatic rings. The molecule has 1 N–H and O–H groups in total. The Morgan fingerprint density at radius 3 is 2.67 bits per heavy atom. The van der Waals surface area contributed by atoms with E-state index in [-0.39, 0.29) is 22.6 Å². The molecule has 2 atom stereocenters. The number of rotatable bonds is 3. The molecule has 0 aliphatic carbocycles. The summed E-state index contributed by atoms with van der Waals surface area (Å²) in [4.78, 5) is 12.0. The van der Waals surface area contributed by atoms with Crippen LogP contribution in [0.3, 0.4) is 0 Å². The first kappa shape index (κ1) is 12.4. The van der Waals surface area contributed by atoms with E-state index in [1.54, 1.807) is 11.8 Å². The fourth-order valence-corrected chi connectivity index (χ4v) is 2.82. The third-order valence-corrected chi connectivity index (χ3v) is 4.31. The number of carbonyl (C=O) groups excluding carboxylic acids is 1. The zero-order chi connectivity index (χ0) is 11.5. The molecule has 2 unspecified atom stereocenters. The standard InChI is InChI=1S/C11H18N2OS/c1-8(2)9(7-12)13-10(14)11(3)5-4-6-15-11/h8-9H,4-6H2,1-3H3,(H,13,14). The van der Waals surface area contributed by atoms with Gasteiger partial charge in [0, 0.05) is 0 Å². The highest BCUT2D eigenvalue weighted by atomic mass is 32.2. The van der Waals surface area contributed by atoms with Gasteiger partial charge < -0.3 is 5.32 Å². The Morgan fingerprint density at radius 2 is 2.27 bits per heavy atom. The second-order valence-electron chi connectivity index (χ2n) is 4.51. The van der Waals surface area contributed by atoms with Gasteiger partial charge >= 0.3 is 0 Å². The Labute approximate surface area is 95.6 Å². The topological polar surface area (TPSA) is 52.9 Å². The Kier molecular flexibility index (Phi) is 4.04. The number of nitrogens with zero attached hydrogens (tertiary/aromatic N) is 1. The van der Waals surface area contributed by atoms with Crippen molar-refractivity contribution in [2.45, 2.75) is 44.4 Å². The number of hydrogen-bond donors (Lipinski definition) is 1. The van der Waals surface area contributed by atoms with Crippen molar-refractivity contribution in [1.29, 1.82) is 5.26 Å². The summed E-state index contributed by atoms with van der Waals surface area (Å²) in [7, 11) is 0. The summed E-state index contributed by atoms with van der Waals surface area (Å²) in [6.45, 7) is 5.85. The van der Waals surface area contributed by atoms with Crippen LogP contribution in [0.2, 0.25) is 0 Å². The molecule has 4 heteroatoms. The van der Waals surface area contributed by atoms with E-state index in [1.807, 2.05) is 20.8 Å². The average Bonchev–Trinajstić information content (AvgIpc) is 2.61.